The van der Waals surface area contributed by atoms with E-state index in [1.807, 2.05) is 36.0 Å². The summed E-state index contributed by atoms with van der Waals surface area (Å²) in [5.74, 6) is 2.26. The molecule has 0 spiro atoms. The molecule has 1 aliphatic carbocycles. The lowest BCUT2D eigenvalue weighted by molar-refractivity contribution is -0.122. The molecular weight excluding hydrogens is 360 g/mol. The van der Waals surface area contributed by atoms with Crippen molar-refractivity contribution in [2.75, 3.05) is 5.75 Å². The predicted molar refractivity (Wildman–Crippen MR) is 104 cm³/mol. The highest BCUT2D eigenvalue weighted by atomic mass is 35.5. The van der Waals surface area contributed by atoms with Crippen molar-refractivity contribution < 1.29 is 4.79 Å². The van der Waals surface area contributed by atoms with Crippen LogP contribution in [0.15, 0.2) is 41.5 Å². The number of hydrogen-bond donors (Lipinski definition) is 1. The molecule has 0 unspecified atom stereocenters. The van der Waals surface area contributed by atoms with Gasteiger partial charge in [-0.1, -0.05) is 30.7 Å². The molecule has 3 nitrogen and oxygen atoms in total. The van der Waals surface area contributed by atoms with Crippen LogP contribution in [0.2, 0.25) is 5.02 Å². The van der Waals surface area contributed by atoms with Crippen LogP contribution in [-0.2, 0) is 10.5 Å². The highest BCUT2D eigenvalue weighted by molar-refractivity contribution is 7.98. The van der Waals surface area contributed by atoms with Crippen molar-refractivity contribution in [2.24, 2.45) is 11.0 Å². The van der Waals surface area contributed by atoms with Gasteiger partial charge in [-0.15, -0.1) is 11.3 Å². The number of halogens is 1. The number of rotatable bonds is 7. The lowest BCUT2D eigenvalue weighted by Crippen LogP contribution is -2.21. The molecule has 3 rings (SSSR count). The van der Waals surface area contributed by atoms with Gasteiger partial charge in [0.25, 0.3) is 0 Å². The van der Waals surface area contributed by atoms with E-state index in [1.54, 1.807) is 11.3 Å². The van der Waals surface area contributed by atoms with Gasteiger partial charge in [0.05, 0.1) is 4.88 Å². The largest absolute Gasteiger partial charge is 0.273 e. The number of thioether (sulfide) groups is 1. The third kappa shape index (κ3) is 4.62. The second-order valence-corrected chi connectivity index (χ2v) is 8.50. The molecule has 1 amide bonds. The van der Waals surface area contributed by atoms with Gasteiger partial charge in [-0.05, 0) is 42.9 Å². The average Bonchev–Trinajstić information content (AvgIpc) is 3.34. The van der Waals surface area contributed by atoms with Gasteiger partial charge in [0.15, 0.2) is 0 Å². The lowest BCUT2D eigenvalue weighted by atomic mass is 10.1. The second kappa shape index (κ2) is 8.19. The molecule has 1 heterocycles. The predicted octanol–water partition coefficient (Wildman–Crippen LogP) is 4.93. The molecule has 1 fully saturated rings. The van der Waals surface area contributed by atoms with Gasteiger partial charge in [0.2, 0.25) is 5.91 Å². The molecule has 6 heteroatoms. The van der Waals surface area contributed by atoms with Gasteiger partial charge < -0.3 is 0 Å². The molecular formula is C18H19ClN2OS2. The van der Waals surface area contributed by atoms with E-state index in [4.69, 9.17) is 11.6 Å². The van der Waals surface area contributed by atoms with Gasteiger partial charge in [-0.3, -0.25) is 4.79 Å². The Morgan fingerprint density at radius 1 is 1.29 bits per heavy atom. The second-order valence-electron chi connectivity index (χ2n) is 5.62. The van der Waals surface area contributed by atoms with E-state index in [2.05, 4.69) is 29.6 Å². The van der Waals surface area contributed by atoms with E-state index in [9.17, 15) is 4.79 Å². The van der Waals surface area contributed by atoms with Crippen LogP contribution in [0, 0.1) is 5.92 Å². The number of hydrogen-bond acceptors (Lipinski definition) is 4. The molecule has 126 valence electrons. The van der Waals surface area contributed by atoms with Crippen LogP contribution in [0.3, 0.4) is 0 Å². The molecule has 1 aromatic carbocycles. The van der Waals surface area contributed by atoms with E-state index in [0.717, 1.165) is 40.5 Å². The summed E-state index contributed by atoms with van der Waals surface area (Å²) in [6.07, 6.45) is 1.93. The molecule has 1 aliphatic rings. The van der Waals surface area contributed by atoms with Gasteiger partial charge in [0.1, 0.15) is 5.71 Å². The summed E-state index contributed by atoms with van der Waals surface area (Å²) in [5.41, 5.74) is 4.47. The standard InChI is InChI=1S/C18H19ClN2OS2/c1-2-23-11-15-9-10-16(24-15)17(12-5-7-14(19)8-6-12)20-21-18(22)13-3-4-13/h5-10,13H,2-4,11H2,1H3,(H,21,22). The maximum atomic E-state index is 11.9. The number of thiophene rings is 1. The van der Waals surface area contributed by atoms with E-state index in [0.29, 0.717) is 5.02 Å². The first-order valence-corrected chi connectivity index (χ1v) is 10.3. The van der Waals surface area contributed by atoms with Crippen LogP contribution in [0.5, 0.6) is 0 Å². The fraction of sp³-hybridized carbons (Fsp3) is 0.333. The van der Waals surface area contributed by atoms with Gasteiger partial charge in [0, 0.05) is 27.1 Å². The van der Waals surface area contributed by atoms with E-state index >= 15 is 0 Å². The van der Waals surface area contributed by atoms with Crippen molar-refractivity contribution in [2.45, 2.75) is 25.5 Å². The van der Waals surface area contributed by atoms with E-state index in [1.165, 1.54) is 4.88 Å². The summed E-state index contributed by atoms with van der Waals surface area (Å²) in [6, 6.07) is 11.8. The highest BCUT2D eigenvalue weighted by Crippen LogP contribution is 2.29. The Labute approximate surface area is 155 Å². The van der Waals surface area contributed by atoms with Crippen molar-refractivity contribution in [3.8, 4) is 0 Å². The molecule has 0 radical (unpaired) electrons. The molecule has 0 saturated heterocycles. The minimum absolute atomic E-state index is 0.0137. The van der Waals surface area contributed by atoms with Crippen molar-refractivity contribution in [3.63, 3.8) is 0 Å². The summed E-state index contributed by atoms with van der Waals surface area (Å²) < 4.78 is 0. The number of carbonyl (C=O) groups is 1. The Balaban J connectivity index is 1.85. The summed E-state index contributed by atoms with van der Waals surface area (Å²) in [5, 5.41) is 5.11. The number of nitrogens with one attached hydrogen (secondary N) is 1. The van der Waals surface area contributed by atoms with Crippen LogP contribution in [0.1, 0.15) is 35.1 Å². The van der Waals surface area contributed by atoms with Crippen molar-refractivity contribution >= 4 is 46.3 Å². The summed E-state index contributed by atoms with van der Waals surface area (Å²) >= 11 is 9.61. The first-order chi connectivity index (χ1) is 11.7. The Morgan fingerprint density at radius 3 is 2.71 bits per heavy atom. The highest BCUT2D eigenvalue weighted by Gasteiger charge is 2.29. The fourth-order valence-electron chi connectivity index (χ4n) is 2.20. The van der Waals surface area contributed by atoms with Crippen molar-refractivity contribution in [1.29, 1.82) is 0 Å². The van der Waals surface area contributed by atoms with Crippen LogP contribution in [0.4, 0.5) is 0 Å². The molecule has 1 aromatic heterocycles. The average molecular weight is 379 g/mol. The summed E-state index contributed by atoms with van der Waals surface area (Å²) in [7, 11) is 0. The van der Waals surface area contributed by atoms with Crippen LogP contribution in [-0.4, -0.2) is 17.4 Å². The van der Waals surface area contributed by atoms with E-state index < -0.39 is 0 Å². The topological polar surface area (TPSA) is 41.5 Å². The van der Waals surface area contributed by atoms with Crippen LogP contribution in [0.25, 0.3) is 0 Å². The number of hydrazone groups is 1. The number of carbonyl (C=O) groups excluding carboxylic acids is 1. The zero-order chi connectivity index (χ0) is 16.9. The fourth-order valence-corrected chi connectivity index (χ4v) is 4.13. The molecule has 0 aliphatic heterocycles. The van der Waals surface area contributed by atoms with Crippen molar-refractivity contribution in [3.05, 3.63) is 56.7 Å². The summed E-state index contributed by atoms with van der Waals surface area (Å²) in [4.78, 5) is 14.3. The normalized spacial score (nSPS) is 14.7. The SMILES string of the molecule is CCSCc1ccc(C(=NNC(=O)C2CC2)c2ccc(Cl)cc2)s1. The van der Waals surface area contributed by atoms with Gasteiger partial charge in [-0.2, -0.15) is 16.9 Å². The Bertz CT molecular complexity index is 736. The third-order valence-electron chi connectivity index (χ3n) is 3.69. The van der Waals surface area contributed by atoms with Crippen molar-refractivity contribution in [1.82, 2.24) is 5.43 Å². The maximum absolute atomic E-state index is 11.9. The minimum atomic E-state index is 0.0137. The summed E-state index contributed by atoms with van der Waals surface area (Å²) in [6.45, 7) is 2.16. The van der Waals surface area contributed by atoms with Crippen LogP contribution >= 0.6 is 34.7 Å². The molecule has 0 bridgehead atoms. The minimum Gasteiger partial charge on any atom is -0.273 e. The van der Waals surface area contributed by atoms with Crippen LogP contribution < -0.4 is 5.43 Å². The van der Waals surface area contributed by atoms with Gasteiger partial charge >= 0.3 is 0 Å². The molecule has 24 heavy (non-hydrogen) atoms. The molecule has 1 N–H and O–H groups in total. The quantitative estimate of drug-likeness (QED) is 0.548. The molecule has 1 saturated carbocycles. The Morgan fingerprint density at radius 2 is 2.04 bits per heavy atom. The lowest BCUT2D eigenvalue weighted by Gasteiger charge is -2.06. The Hall–Kier alpha value is -1.30. The monoisotopic (exact) mass is 378 g/mol. The van der Waals surface area contributed by atoms with E-state index in [-0.39, 0.29) is 11.8 Å². The molecule has 2 aromatic rings. The zero-order valence-electron chi connectivity index (χ0n) is 13.4. The maximum Gasteiger partial charge on any atom is 0.243 e. The number of benzene rings is 1. The number of amides is 1. The first-order valence-electron chi connectivity index (χ1n) is 7.97. The zero-order valence-corrected chi connectivity index (χ0v) is 15.8. The first kappa shape index (κ1) is 17.5. The number of nitrogens with zero attached hydrogens (tertiary/aromatic N) is 1. The Kier molecular flexibility index (Phi) is 5.98. The third-order valence-corrected chi connectivity index (χ3v) is 6.14. The van der Waals surface area contributed by atoms with Gasteiger partial charge in [-0.25, -0.2) is 5.43 Å². The molecule has 0 atom stereocenters. The smallest absolute Gasteiger partial charge is 0.243 e.